The molecule has 14 unspecified atom stereocenters. The van der Waals surface area contributed by atoms with Crippen LogP contribution >= 0.6 is 0 Å². The van der Waals surface area contributed by atoms with Crippen LogP contribution < -0.4 is 0 Å². The second-order valence-corrected chi connectivity index (χ2v) is 10.8. The average molecular weight is 535 g/mol. The Labute approximate surface area is 216 Å². The maximum atomic E-state index is 12.1. The van der Waals surface area contributed by atoms with E-state index in [0.29, 0.717) is 25.9 Å². The van der Waals surface area contributed by atoms with E-state index in [0.717, 1.165) is 12.8 Å². The zero-order chi connectivity index (χ0) is 26.9. The third-order valence-electron chi connectivity index (χ3n) is 7.98. The predicted molar refractivity (Wildman–Crippen MR) is 125 cm³/mol. The first kappa shape index (κ1) is 29.2. The van der Waals surface area contributed by atoms with Gasteiger partial charge in [-0.15, -0.1) is 0 Å². The van der Waals surface area contributed by atoms with Crippen molar-refractivity contribution in [2.45, 2.75) is 133 Å². The number of fused-ring (bicyclic) bond motifs is 1. The summed E-state index contributed by atoms with van der Waals surface area (Å²) in [5.74, 6) is -0.149. The Morgan fingerprint density at radius 3 is 2.30 bits per heavy atom. The van der Waals surface area contributed by atoms with E-state index in [-0.39, 0.29) is 11.7 Å². The second-order valence-electron chi connectivity index (χ2n) is 10.8. The topological polar surface area (TPSA) is 174 Å². The minimum atomic E-state index is -1.45. The van der Waals surface area contributed by atoms with Crippen molar-refractivity contribution in [3.05, 3.63) is 0 Å². The zero-order valence-corrected chi connectivity index (χ0v) is 21.6. The van der Waals surface area contributed by atoms with E-state index in [1.165, 1.54) is 6.92 Å². The number of rotatable bonds is 6. The molecule has 0 aromatic heterocycles. The fourth-order valence-electron chi connectivity index (χ4n) is 5.68. The molecule has 0 radical (unpaired) electrons. The molecule has 12 heteroatoms. The molecule has 14 atom stereocenters. The van der Waals surface area contributed by atoms with Gasteiger partial charge in [0.15, 0.2) is 18.4 Å². The van der Waals surface area contributed by atoms with Crippen LogP contribution in [-0.4, -0.2) is 124 Å². The lowest BCUT2D eigenvalue weighted by molar-refractivity contribution is -0.354. The lowest BCUT2D eigenvalue weighted by Gasteiger charge is -2.48. The molecule has 3 aliphatic heterocycles. The Kier molecular flexibility index (Phi) is 9.95. The van der Waals surface area contributed by atoms with Crippen molar-refractivity contribution < 1.29 is 58.7 Å². The lowest BCUT2D eigenvalue weighted by atomic mass is 9.85. The van der Waals surface area contributed by atoms with E-state index in [1.54, 1.807) is 6.92 Å². The molecule has 37 heavy (non-hydrogen) atoms. The first-order valence-corrected chi connectivity index (χ1v) is 13.3. The average Bonchev–Trinajstić information content (AvgIpc) is 2.84. The summed E-state index contributed by atoms with van der Waals surface area (Å²) in [6.45, 7) is 4.84. The van der Waals surface area contributed by atoms with Crippen LogP contribution in [0.5, 0.6) is 0 Å². The normalized spacial score (nSPS) is 49.5. The van der Waals surface area contributed by atoms with E-state index in [1.807, 2.05) is 6.92 Å². The molecule has 0 bridgehead atoms. The van der Waals surface area contributed by atoms with Crippen molar-refractivity contribution in [2.24, 2.45) is 5.92 Å². The minimum Gasteiger partial charge on any atom is -0.394 e. The number of carbonyl (C=O) groups excluding carboxylic acids is 1. The molecule has 0 aromatic rings. The number of hydrogen-bond donors (Lipinski definition) is 5. The summed E-state index contributed by atoms with van der Waals surface area (Å²) in [5.41, 5.74) is 0. The van der Waals surface area contributed by atoms with E-state index >= 15 is 0 Å². The predicted octanol–water partition coefficient (Wildman–Crippen LogP) is -0.996. The molecule has 3 saturated heterocycles. The highest BCUT2D eigenvalue weighted by atomic mass is 16.7. The summed E-state index contributed by atoms with van der Waals surface area (Å²) >= 11 is 0. The Bertz CT molecular complexity index is 753. The third kappa shape index (κ3) is 6.36. The van der Waals surface area contributed by atoms with Crippen LogP contribution in [0.15, 0.2) is 0 Å². The molecule has 3 heterocycles. The molecular formula is C25H42O12. The van der Waals surface area contributed by atoms with Crippen LogP contribution in [0.3, 0.4) is 0 Å². The Morgan fingerprint density at radius 2 is 1.59 bits per heavy atom. The van der Waals surface area contributed by atoms with Crippen molar-refractivity contribution in [1.29, 1.82) is 0 Å². The largest absolute Gasteiger partial charge is 0.394 e. The van der Waals surface area contributed by atoms with Crippen molar-refractivity contribution in [3.63, 3.8) is 0 Å². The summed E-state index contributed by atoms with van der Waals surface area (Å²) in [6, 6.07) is 0. The van der Waals surface area contributed by atoms with Gasteiger partial charge >= 0.3 is 0 Å². The molecule has 4 aliphatic rings. The molecule has 1 saturated carbocycles. The van der Waals surface area contributed by atoms with E-state index < -0.39 is 86.3 Å². The van der Waals surface area contributed by atoms with Gasteiger partial charge in [-0.1, -0.05) is 13.3 Å². The van der Waals surface area contributed by atoms with Gasteiger partial charge in [-0.2, -0.15) is 0 Å². The van der Waals surface area contributed by atoms with Gasteiger partial charge in [0.2, 0.25) is 0 Å². The van der Waals surface area contributed by atoms with Crippen molar-refractivity contribution in [3.8, 4) is 0 Å². The van der Waals surface area contributed by atoms with Crippen LogP contribution in [0.1, 0.15) is 52.9 Å². The number of hydrogen-bond acceptors (Lipinski definition) is 12. The molecule has 1 aliphatic carbocycles. The summed E-state index contributed by atoms with van der Waals surface area (Å²) < 4.78 is 36.2. The second kappa shape index (κ2) is 12.6. The Hall–Kier alpha value is -0.770. The first-order valence-electron chi connectivity index (χ1n) is 13.3. The van der Waals surface area contributed by atoms with Crippen LogP contribution in [0, 0.1) is 5.92 Å². The smallest absolute Gasteiger partial charge is 0.187 e. The number of aliphatic hydroxyl groups excluding tert-OH is 5. The molecule has 0 amide bonds. The highest BCUT2D eigenvalue weighted by Crippen LogP contribution is 2.36. The van der Waals surface area contributed by atoms with Crippen LogP contribution in [0.2, 0.25) is 0 Å². The monoisotopic (exact) mass is 534 g/mol. The summed E-state index contributed by atoms with van der Waals surface area (Å²) in [7, 11) is 0. The summed E-state index contributed by atoms with van der Waals surface area (Å²) in [5, 5.41) is 51.4. The van der Waals surface area contributed by atoms with Crippen molar-refractivity contribution >= 4 is 5.78 Å². The number of aliphatic hydroxyl groups is 5. The van der Waals surface area contributed by atoms with Gasteiger partial charge in [0.05, 0.1) is 24.9 Å². The molecule has 12 nitrogen and oxygen atoms in total. The van der Waals surface area contributed by atoms with E-state index in [4.69, 9.17) is 28.4 Å². The van der Waals surface area contributed by atoms with Crippen LogP contribution in [-0.2, 0) is 33.2 Å². The van der Waals surface area contributed by atoms with Gasteiger partial charge in [0, 0.05) is 6.61 Å². The summed E-state index contributed by atoms with van der Waals surface area (Å²) in [6.07, 6.45) is -9.58. The summed E-state index contributed by atoms with van der Waals surface area (Å²) in [4.78, 5) is 12.1. The van der Waals surface area contributed by atoms with E-state index in [9.17, 15) is 30.3 Å². The molecule has 4 rings (SSSR count). The standard InChI is InChI=1S/C25H42O12/c1-11-6-4-7-15(21(11)37-24-20(31)19(30)17(28)13(3)33-24)35-25-23-22(18(29)16(10-26)36-25)34-14(12(2)27)8-5-9-32-23/h11,13-26,28-31H,4-10H2,1-3H3. The van der Waals surface area contributed by atoms with Gasteiger partial charge in [-0.05, 0) is 45.4 Å². The molecule has 4 fully saturated rings. The Balaban J connectivity index is 1.52. The van der Waals surface area contributed by atoms with Crippen molar-refractivity contribution in [2.75, 3.05) is 13.2 Å². The minimum absolute atomic E-state index is 0.00376. The van der Waals surface area contributed by atoms with Gasteiger partial charge in [-0.3, -0.25) is 4.79 Å². The molecule has 214 valence electrons. The number of Topliss-reactive ketones (excluding diaryl/α,β-unsaturated/α-hetero) is 1. The fraction of sp³-hybridized carbons (Fsp3) is 0.960. The van der Waals surface area contributed by atoms with Crippen LogP contribution in [0.25, 0.3) is 0 Å². The third-order valence-corrected chi connectivity index (χ3v) is 7.98. The molecular weight excluding hydrogens is 492 g/mol. The van der Waals surface area contributed by atoms with Gasteiger partial charge in [0.25, 0.3) is 0 Å². The van der Waals surface area contributed by atoms with Crippen molar-refractivity contribution in [1.82, 2.24) is 0 Å². The lowest BCUT2D eigenvalue weighted by Crippen LogP contribution is -2.64. The highest BCUT2D eigenvalue weighted by Gasteiger charge is 2.51. The number of carbonyl (C=O) groups is 1. The van der Waals surface area contributed by atoms with Crippen LogP contribution in [0.4, 0.5) is 0 Å². The number of ether oxygens (including phenoxy) is 6. The first-order chi connectivity index (χ1) is 17.6. The SMILES string of the molecule is CC(=O)C1CCCOC2C(OC3CCCC(C)C3OC3OC(C)C(O)C(O)C3O)OC(CO)C(O)C2O1. The number of ketones is 1. The zero-order valence-electron chi connectivity index (χ0n) is 21.6. The maximum Gasteiger partial charge on any atom is 0.187 e. The van der Waals surface area contributed by atoms with Gasteiger partial charge < -0.3 is 54.0 Å². The Morgan fingerprint density at radius 1 is 0.838 bits per heavy atom. The quantitative estimate of drug-likeness (QED) is 0.282. The molecule has 5 N–H and O–H groups in total. The van der Waals surface area contributed by atoms with E-state index in [2.05, 4.69) is 0 Å². The highest BCUT2D eigenvalue weighted by molar-refractivity contribution is 5.80. The maximum absolute atomic E-state index is 12.1. The van der Waals surface area contributed by atoms with Gasteiger partial charge in [0.1, 0.15) is 48.8 Å². The van der Waals surface area contributed by atoms with Gasteiger partial charge in [-0.25, -0.2) is 0 Å². The molecule has 0 spiro atoms. The fourth-order valence-corrected chi connectivity index (χ4v) is 5.68. The molecule has 0 aromatic carbocycles.